The van der Waals surface area contributed by atoms with Crippen molar-refractivity contribution >= 4 is 31.9 Å². The number of aryl methyl sites for hydroxylation is 1. The molecule has 0 spiro atoms. The first-order valence-electron chi connectivity index (χ1n) is 5.41. The SMILES string of the molecule is CCc1c(C)nc(-c2ccccc2Br)nc1Br. The molecule has 4 heteroatoms. The molecule has 2 rings (SSSR count). The van der Waals surface area contributed by atoms with Crippen molar-refractivity contribution in [3.8, 4) is 11.4 Å². The van der Waals surface area contributed by atoms with Crippen LogP contribution in [0.1, 0.15) is 18.2 Å². The summed E-state index contributed by atoms with van der Waals surface area (Å²) >= 11 is 7.04. The van der Waals surface area contributed by atoms with Gasteiger partial charge in [-0.1, -0.05) is 41.1 Å². The van der Waals surface area contributed by atoms with Gasteiger partial charge in [-0.2, -0.15) is 0 Å². The molecule has 2 aromatic rings. The van der Waals surface area contributed by atoms with E-state index in [1.54, 1.807) is 0 Å². The van der Waals surface area contributed by atoms with Crippen molar-refractivity contribution in [3.05, 3.63) is 44.6 Å². The maximum absolute atomic E-state index is 4.56. The molecule has 0 aliphatic carbocycles. The summed E-state index contributed by atoms with van der Waals surface area (Å²) in [4.78, 5) is 9.08. The summed E-state index contributed by atoms with van der Waals surface area (Å²) in [6, 6.07) is 7.98. The summed E-state index contributed by atoms with van der Waals surface area (Å²) in [5.74, 6) is 0.749. The molecule has 1 heterocycles. The van der Waals surface area contributed by atoms with Crippen LogP contribution in [0.3, 0.4) is 0 Å². The first kappa shape index (κ1) is 12.7. The maximum atomic E-state index is 4.56. The Labute approximate surface area is 118 Å². The Morgan fingerprint density at radius 3 is 2.41 bits per heavy atom. The lowest BCUT2D eigenvalue weighted by Crippen LogP contribution is -1.99. The van der Waals surface area contributed by atoms with Crippen LogP contribution >= 0.6 is 31.9 Å². The normalized spacial score (nSPS) is 10.6. The molecule has 0 atom stereocenters. The minimum absolute atomic E-state index is 0.749. The first-order chi connectivity index (χ1) is 8.13. The number of nitrogens with zero attached hydrogens (tertiary/aromatic N) is 2. The molecule has 0 fully saturated rings. The molecule has 1 aromatic heterocycles. The highest BCUT2D eigenvalue weighted by atomic mass is 79.9. The van der Waals surface area contributed by atoms with Gasteiger partial charge in [-0.25, -0.2) is 9.97 Å². The van der Waals surface area contributed by atoms with Crippen LogP contribution in [-0.4, -0.2) is 9.97 Å². The van der Waals surface area contributed by atoms with Gasteiger partial charge in [0.05, 0.1) is 0 Å². The molecule has 1 aromatic carbocycles. The summed E-state index contributed by atoms with van der Waals surface area (Å²) < 4.78 is 1.90. The molecule has 0 N–H and O–H groups in total. The predicted octanol–water partition coefficient (Wildman–Crippen LogP) is 4.54. The second-order valence-corrected chi connectivity index (χ2v) is 5.34. The van der Waals surface area contributed by atoms with Gasteiger partial charge in [0, 0.05) is 21.3 Å². The molecule has 2 nitrogen and oxygen atoms in total. The Bertz CT molecular complexity index is 530. The Hall–Kier alpha value is -0.740. The Balaban J connectivity index is 2.59. The molecule has 0 saturated carbocycles. The third-order valence-electron chi connectivity index (χ3n) is 2.63. The van der Waals surface area contributed by atoms with E-state index in [4.69, 9.17) is 0 Å². The van der Waals surface area contributed by atoms with Crippen molar-refractivity contribution in [1.82, 2.24) is 9.97 Å². The Morgan fingerprint density at radius 2 is 1.82 bits per heavy atom. The van der Waals surface area contributed by atoms with E-state index in [0.717, 1.165) is 32.6 Å². The summed E-state index contributed by atoms with van der Waals surface area (Å²) in [6.07, 6.45) is 0.933. The van der Waals surface area contributed by atoms with Crippen molar-refractivity contribution in [2.75, 3.05) is 0 Å². The third-order valence-corrected chi connectivity index (χ3v) is 3.98. The van der Waals surface area contributed by atoms with Crippen LogP contribution in [0, 0.1) is 6.92 Å². The van der Waals surface area contributed by atoms with Crippen LogP contribution in [0.2, 0.25) is 0 Å². The van der Waals surface area contributed by atoms with Gasteiger partial charge in [-0.15, -0.1) is 0 Å². The van der Waals surface area contributed by atoms with Crippen molar-refractivity contribution in [2.24, 2.45) is 0 Å². The van der Waals surface area contributed by atoms with Gasteiger partial charge in [0.25, 0.3) is 0 Å². The topological polar surface area (TPSA) is 25.8 Å². The molecule has 0 radical (unpaired) electrons. The summed E-state index contributed by atoms with van der Waals surface area (Å²) in [6.45, 7) is 4.13. The molecule has 0 aliphatic rings. The monoisotopic (exact) mass is 354 g/mol. The molecule has 88 valence electrons. The highest BCUT2D eigenvalue weighted by Crippen LogP contribution is 2.28. The van der Waals surface area contributed by atoms with Crippen LogP contribution in [-0.2, 0) is 6.42 Å². The fourth-order valence-corrected chi connectivity index (χ4v) is 2.92. The van der Waals surface area contributed by atoms with E-state index in [1.165, 1.54) is 5.56 Å². The smallest absolute Gasteiger partial charge is 0.161 e. The summed E-state index contributed by atoms with van der Waals surface area (Å²) in [5.41, 5.74) is 3.21. The molecule has 0 amide bonds. The largest absolute Gasteiger partial charge is 0.233 e. The lowest BCUT2D eigenvalue weighted by Gasteiger charge is -2.09. The Morgan fingerprint density at radius 1 is 1.12 bits per heavy atom. The fraction of sp³-hybridized carbons (Fsp3) is 0.231. The van der Waals surface area contributed by atoms with E-state index in [-0.39, 0.29) is 0 Å². The summed E-state index contributed by atoms with van der Waals surface area (Å²) in [7, 11) is 0. The van der Waals surface area contributed by atoms with Gasteiger partial charge in [0.2, 0.25) is 0 Å². The molecular weight excluding hydrogens is 344 g/mol. The van der Waals surface area contributed by atoms with E-state index in [1.807, 2.05) is 31.2 Å². The van der Waals surface area contributed by atoms with Crippen LogP contribution in [0.25, 0.3) is 11.4 Å². The molecule has 0 saturated heterocycles. The lowest BCUT2D eigenvalue weighted by atomic mass is 10.1. The van der Waals surface area contributed by atoms with Crippen molar-refractivity contribution in [2.45, 2.75) is 20.3 Å². The van der Waals surface area contributed by atoms with E-state index < -0.39 is 0 Å². The van der Waals surface area contributed by atoms with Crippen LogP contribution < -0.4 is 0 Å². The number of aromatic nitrogens is 2. The highest BCUT2D eigenvalue weighted by molar-refractivity contribution is 9.10. The van der Waals surface area contributed by atoms with Gasteiger partial charge >= 0.3 is 0 Å². The van der Waals surface area contributed by atoms with Crippen LogP contribution in [0.5, 0.6) is 0 Å². The third kappa shape index (κ3) is 2.58. The second-order valence-electron chi connectivity index (χ2n) is 3.74. The van der Waals surface area contributed by atoms with Gasteiger partial charge in [-0.3, -0.25) is 0 Å². The maximum Gasteiger partial charge on any atom is 0.161 e. The number of rotatable bonds is 2. The van der Waals surface area contributed by atoms with Crippen LogP contribution in [0.4, 0.5) is 0 Å². The zero-order valence-electron chi connectivity index (χ0n) is 9.67. The van der Waals surface area contributed by atoms with Crippen molar-refractivity contribution < 1.29 is 0 Å². The van der Waals surface area contributed by atoms with Crippen molar-refractivity contribution in [3.63, 3.8) is 0 Å². The van der Waals surface area contributed by atoms with Crippen LogP contribution in [0.15, 0.2) is 33.3 Å². The van der Waals surface area contributed by atoms with Gasteiger partial charge < -0.3 is 0 Å². The molecule has 0 unspecified atom stereocenters. The number of halogens is 2. The lowest BCUT2D eigenvalue weighted by molar-refractivity contribution is 0.980. The predicted molar refractivity (Wildman–Crippen MR) is 77.0 cm³/mol. The molecule has 0 aliphatic heterocycles. The average molecular weight is 356 g/mol. The van der Waals surface area contributed by atoms with E-state index in [2.05, 4.69) is 48.8 Å². The standard InChI is InChI=1S/C13H12Br2N2/c1-3-9-8(2)16-13(17-12(9)15)10-6-4-5-7-11(10)14/h4-7H,3H2,1-2H3. The molecule has 17 heavy (non-hydrogen) atoms. The van der Waals surface area contributed by atoms with Gasteiger partial charge in [0.15, 0.2) is 5.82 Å². The van der Waals surface area contributed by atoms with E-state index in [0.29, 0.717) is 0 Å². The van der Waals surface area contributed by atoms with E-state index >= 15 is 0 Å². The minimum atomic E-state index is 0.749. The van der Waals surface area contributed by atoms with Crippen molar-refractivity contribution in [1.29, 1.82) is 0 Å². The zero-order valence-corrected chi connectivity index (χ0v) is 12.8. The Kier molecular flexibility index (Phi) is 3.94. The number of benzene rings is 1. The fourth-order valence-electron chi connectivity index (χ4n) is 1.73. The van der Waals surface area contributed by atoms with Gasteiger partial charge in [0.1, 0.15) is 4.60 Å². The highest BCUT2D eigenvalue weighted by Gasteiger charge is 2.11. The van der Waals surface area contributed by atoms with E-state index in [9.17, 15) is 0 Å². The molecule has 0 bridgehead atoms. The first-order valence-corrected chi connectivity index (χ1v) is 7.00. The average Bonchev–Trinajstić information content (AvgIpc) is 2.29. The summed E-state index contributed by atoms with van der Waals surface area (Å²) in [5, 5.41) is 0. The zero-order chi connectivity index (χ0) is 12.4. The van der Waals surface area contributed by atoms with Gasteiger partial charge in [-0.05, 0) is 35.3 Å². The quantitative estimate of drug-likeness (QED) is 0.739. The second kappa shape index (κ2) is 5.27. The number of hydrogen-bond acceptors (Lipinski definition) is 2. The minimum Gasteiger partial charge on any atom is -0.233 e. The number of hydrogen-bond donors (Lipinski definition) is 0. The molecular formula is C13H12Br2N2.